The van der Waals surface area contributed by atoms with E-state index in [-0.39, 0.29) is 5.54 Å². The van der Waals surface area contributed by atoms with Gasteiger partial charge in [-0.15, -0.1) is 11.3 Å². The number of nitrogens with two attached hydrogens (primary N) is 1. The maximum Gasteiger partial charge on any atom is 0.0303 e. The van der Waals surface area contributed by atoms with Crippen molar-refractivity contribution in [1.29, 1.82) is 0 Å². The van der Waals surface area contributed by atoms with Crippen molar-refractivity contribution in [2.75, 3.05) is 6.54 Å². The average molecular weight is 212 g/mol. The highest BCUT2D eigenvalue weighted by Crippen LogP contribution is 2.15. The summed E-state index contributed by atoms with van der Waals surface area (Å²) in [5.74, 6) is 0. The first-order chi connectivity index (χ1) is 6.55. The molecule has 0 aliphatic carbocycles. The minimum absolute atomic E-state index is 0.0782. The molecule has 1 aromatic rings. The molecule has 0 aromatic carbocycles. The first kappa shape index (κ1) is 11.7. The van der Waals surface area contributed by atoms with Crippen molar-refractivity contribution in [3.8, 4) is 0 Å². The molecule has 0 aliphatic heterocycles. The Hall–Kier alpha value is -0.380. The summed E-state index contributed by atoms with van der Waals surface area (Å²) in [6.45, 7) is 8.17. The second-order valence-electron chi connectivity index (χ2n) is 4.14. The molecular weight excluding hydrogens is 192 g/mol. The molecule has 14 heavy (non-hydrogen) atoms. The number of nitrogens with one attached hydrogen (secondary N) is 1. The summed E-state index contributed by atoms with van der Waals surface area (Å²) >= 11 is 1.80. The Labute approximate surface area is 90.5 Å². The molecule has 80 valence electrons. The first-order valence-corrected chi connectivity index (χ1v) is 5.96. The zero-order chi connectivity index (χ0) is 10.6. The van der Waals surface area contributed by atoms with Gasteiger partial charge in [-0.2, -0.15) is 0 Å². The second kappa shape index (κ2) is 4.91. The van der Waals surface area contributed by atoms with Crippen LogP contribution in [0, 0.1) is 6.92 Å². The quantitative estimate of drug-likeness (QED) is 0.786. The zero-order valence-electron chi connectivity index (χ0n) is 9.26. The molecule has 0 bridgehead atoms. The predicted molar refractivity (Wildman–Crippen MR) is 63.6 cm³/mol. The van der Waals surface area contributed by atoms with Crippen LogP contribution in [0.3, 0.4) is 0 Å². The summed E-state index contributed by atoms with van der Waals surface area (Å²) < 4.78 is 0. The topological polar surface area (TPSA) is 38.0 Å². The van der Waals surface area contributed by atoms with Gasteiger partial charge in [0.05, 0.1) is 0 Å². The molecule has 0 spiro atoms. The van der Waals surface area contributed by atoms with Gasteiger partial charge in [0.1, 0.15) is 0 Å². The summed E-state index contributed by atoms with van der Waals surface area (Å²) in [7, 11) is 0. The monoisotopic (exact) mass is 212 g/mol. The predicted octanol–water partition coefficient (Wildman–Crippen LogP) is 2.27. The summed E-state index contributed by atoms with van der Waals surface area (Å²) in [6.07, 6.45) is 1.00. The summed E-state index contributed by atoms with van der Waals surface area (Å²) in [4.78, 5) is 1.41. The molecule has 0 amide bonds. The van der Waals surface area contributed by atoms with E-state index in [1.54, 1.807) is 11.3 Å². The fourth-order valence-corrected chi connectivity index (χ4v) is 2.05. The lowest BCUT2D eigenvalue weighted by molar-refractivity contribution is 0.416. The third kappa shape index (κ3) is 3.40. The van der Waals surface area contributed by atoms with Gasteiger partial charge < -0.3 is 11.1 Å². The van der Waals surface area contributed by atoms with Crippen LogP contribution in [0.2, 0.25) is 0 Å². The molecule has 0 saturated carbocycles. The van der Waals surface area contributed by atoms with Gasteiger partial charge in [0.15, 0.2) is 0 Å². The van der Waals surface area contributed by atoms with Crippen LogP contribution < -0.4 is 11.1 Å². The Morgan fingerprint density at radius 1 is 1.57 bits per heavy atom. The van der Waals surface area contributed by atoms with Gasteiger partial charge in [-0.25, -0.2) is 0 Å². The fraction of sp³-hybridized carbons (Fsp3) is 0.636. The van der Waals surface area contributed by atoms with Crippen LogP contribution in [-0.4, -0.2) is 12.1 Å². The molecule has 0 fully saturated rings. The third-order valence-corrected chi connectivity index (χ3v) is 3.61. The van der Waals surface area contributed by atoms with Gasteiger partial charge in [-0.05, 0) is 37.3 Å². The molecule has 3 N–H and O–H groups in total. The SMILES string of the molecule is CCC(C)(N)CNCc1sccc1C. The Morgan fingerprint density at radius 3 is 2.79 bits per heavy atom. The van der Waals surface area contributed by atoms with Crippen molar-refractivity contribution < 1.29 is 0 Å². The van der Waals surface area contributed by atoms with E-state index in [4.69, 9.17) is 5.73 Å². The fourth-order valence-electron chi connectivity index (χ4n) is 1.17. The summed E-state index contributed by atoms with van der Waals surface area (Å²) in [6, 6.07) is 2.16. The van der Waals surface area contributed by atoms with E-state index in [0.717, 1.165) is 19.5 Å². The average Bonchev–Trinajstić information content (AvgIpc) is 2.52. The van der Waals surface area contributed by atoms with E-state index in [0.29, 0.717) is 0 Å². The number of rotatable bonds is 5. The van der Waals surface area contributed by atoms with Crippen molar-refractivity contribution in [3.63, 3.8) is 0 Å². The lowest BCUT2D eigenvalue weighted by Crippen LogP contribution is -2.45. The zero-order valence-corrected chi connectivity index (χ0v) is 10.1. The van der Waals surface area contributed by atoms with Crippen LogP contribution in [0.5, 0.6) is 0 Å². The molecule has 1 unspecified atom stereocenters. The first-order valence-electron chi connectivity index (χ1n) is 5.08. The molecule has 1 aromatic heterocycles. The summed E-state index contributed by atoms with van der Waals surface area (Å²) in [5, 5.41) is 5.54. The van der Waals surface area contributed by atoms with Gasteiger partial charge in [0.25, 0.3) is 0 Å². The van der Waals surface area contributed by atoms with Gasteiger partial charge in [0, 0.05) is 23.5 Å². The molecule has 0 aliphatic rings. The smallest absolute Gasteiger partial charge is 0.0303 e. The van der Waals surface area contributed by atoms with Crippen LogP contribution in [0.4, 0.5) is 0 Å². The molecule has 1 atom stereocenters. The van der Waals surface area contributed by atoms with E-state index in [1.807, 2.05) is 0 Å². The maximum absolute atomic E-state index is 6.03. The van der Waals surface area contributed by atoms with Crippen LogP contribution in [0.1, 0.15) is 30.7 Å². The van der Waals surface area contributed by atoms with E-state index >= 15 is 0 Å². The normalized spacial score (nSPS) is 15.4. The largest absolute Gasteiger partial charge is 0.324 e. The van der Waals surface area contributed by atoms with Crippen molar-refractivity contribution in [1.82, 2.24) is 5.32 Å². The summed E-state index contributed by atoms with van der Waals surface area (Å²) in [5.41, 5.74) is 7.33. The van der Waals surface area contributed by atoms with Crippen molar-refractivity contribution >= 4 is 11.3 Å². The maximum atomic E-state index is 6.03. The van der Waals surface area contributed by atoms with Crippen LogP contribution in [-0.2, 0) is 6.54 Å². The van der Waals surface area contributed by atoms with E-state index in [2.05, 4.69) is 37.5 Å². The highest BCUT2D eigenvalue weighted by molar-refractivity contribution is 7.10. The number of hydrogen-bond acceptors (Lipinski definition) is 3. The van der Waals surface area contributed by atoms with Gasteiger partial charge in [-0.3, -0.25) is 0 Å². The van der Waals surface area contributed by atoms with E-state index < -0.39 is 0 Å². The van der Waals surface area contributed by atoms with Gasteiger partial charge >= 0.3 is 0 Å². The van der Waals surface area contributed by atoms with E-state index in [9.17, 15) is 0 Å². The number of hydrogen-bond donors (Lipinski definition) is 2. The number of thiophene rings is 1. The standard InChI is InChI=1S/C11H20N2S/c1-4-11(3,12)8-13-7-10-9(2)5-6-14-10/h5-6,13H,4,7-8,12H2,1-3H3. The molecular formula is C11H20N2S. The molecule has 3 heteroatoms. The van der Waals surface area contributed by atoms with Crippen molar-refractivity contribution in [3.05, 3.63) is 21.9 Å². The van der Waals surface area contributed by atoms with Gasteiger partial charge in [0.2, 0.25) is 0 Å². The Kier molecular flexibility index (Phi) is 4.11. The second-order valence-corrected chi connectivity index (χ2v) is 5.14. The van der Waals surface area contributed by atoms with Crippen molar-refractivity contribution in [2.24, 2.45) is 5.73 Å². The van der Waals surface area contributed by atoms with E-state index in [1.165, 1.54) is 10.4 Å². The molecule has 0 saturated heterocycles. The van der Waals surface area contributed by atoms with Crippen LogP contribution in [0.25, 0.3) is 0 Å². The Morgan fingerprint density at radius 2 is 2.29 bits per heavy atom. The minimum atomic E-state index is -0.0782. The van der Waals surface area contributed by atoms with Gasteiger partial charge in [-0.1, -0.05) is 6.92 Å². The Balaban J connectivity index is 2.32. The lowest BCUT2D eigenvalue weighted by Gasteiger charge is -2.22. The third-order valence-electron chi connectivity index (χ3n) is 2.59. The number of aryl methyl sites for hydroxylation is 1. The molecule has 2 nitrogen and oxygen atoms in total. The highest BCUT2D eigenvalue weighted by Gasteiger charge is 2.14. The van der Waals surface area contributed by atoms with Crippen LogP contribution >= 0.6 is 11.3 Å². The minimum Gasteiger partial charge on any atom is -0.324 e. The Bertz CT molecular complexity index is 279. The van der Waals surface area contributed by atoms with Crippen molar-refractivity contribution in [2.45, 2.75) is 39.3 Å². The lowest BCUT2D eigenvalue weighted by atomic mass is 10.0. The molecule has 1 heterocycles. The molecule has 0 radical (unpaired) electrons. The molecule has 1 rings (SSSR count). The highest BCUT2D eigenvalue weighted by atomic mass is 32.1. The van der Waals surface area contributed by atoms with Crippen LogP contribution in [0.15, 0.2) is 11.4 Å².